The second-order valence-electron chi connectivity index (χ2n) is 3.38. The van der Waals surface area contributed by atoms with Gasteiger partial charge in [-0.1, -0.05) is 0 Å². The molecule has 10 heavy (non-hydrogen) atoms. The molecule has 0 aromatic rings. The van der Waals surface area contributed by atoms with E-state index in [1.807, 2.05) is 13.8 Å². The van der Waals surface area contributed by atoms with Crippen molar-refractivity contribution in [1.82, 2.24) is 0 Å². The highest BCUT2D eigenvalue weighted by Gasteiger charge is 2.43. The predicted octanol–water partition coefficient (Wildman–Crippen LogP) is 1.18. The maximum Gasteiger partial charge on any atom is 0.0905 e. The van der Waals surface area contributed by atoms with Gasteiger partial charge in [-0.15, -0.1) is 0 Å². The summed E-state index contributed by atoms with van der Waals surface area (Å²) in [6.07, 6.45) is 2.27. The minimum Gasteiger partial charge on any atom is -0.387 e. The fourth-order valence-electron chi connectivity index (χ4n) is 1.24. The molecule has 1 aliphatic rings. The third kappa shape index (κ3) is 1.32. The summed E-state index contributed by atoms with van der Waals surface area (Å²) in [6.45, 7) is 3.77. The molecule has 1 fully saturated rings. The van der Waals surface area contributed by atoms with Crippen molar-refractivity contribution in [3.05, 3.63) is 0 Å². The maximum absolute atomic E-state index is 9.80. The molecule has 0 amide bonds. The summed E-state index contributed by atoms with van der Waals surface area (Å²) in [5.41, 5.74) is -0.602. The third-order valence-corrected chi connectivity index (χ3v) is 2.58. The summed E-state index contributed by atoms with van der Waals surface area (Å²) in [5.74, 6) is 0.474. The molecule has 0 aromatic heterocycles. The summed E-state index contributed by atoms with van der Waals surface area (Å²) in [7, 11) is 1.64. The summed E-state index contributed by atoms with van der Waals surface area (Å²) in [5, 5.41) is 9.80. The molecule has 60 valence electrons. The Kier molecular flexibility index (Phi) is 2.02. The summed E-state index contributed by atoms with van der Waals surface area (Å²) in [6, 6.07) is 0. The maximum atomic E-state index is 9.80. The minimum absolute atomic E-state index is 0.0417. The van der Waals surface area contributed by atoms with E-state index >= 15 is 0 Å². The number of methoxy groups -OCH3 is 1. The quantitative estimate of drug-likeness (QED) is 0.644. The number of hydrogen-bond acceptors (Lipinski definition) is 2. The lowest BCUT2D eigenvalue weighted by Gasteiger charge is -2.28. The van der Waals surface area contributed by atoms with E-state index in [0.717, 1.165) is 12.8 Å². The monoisotopic (exact) mass is 144 g/mol. The lowest BCUT2D eigenvalue weighted by Crippen LogP contribution is -2.40. The van der Waals surface area contributed by atoms with Crippen LogP contribution in [0.5, 0.6) is 0 Å². The zero-order valence-corrected chi connectivity index (χ0v) is 6.92. The first-order chi connectivity index (χ1) is 4.59. The third-order valence-electron chi connectivity index (χ3n) is 2.58. The lowest BCUT2D eigenvalue weighted by atomic mass is 9.94. The molecule has 1 rings (SSSR count). The Hall–Kier alpha value is -0.0800. The molecular weight excluding hydrogens is 128 g/mol. The van der Waals surface area contributed by atoms with Crippen LogP contribution < -0.4 is 0 Å². The Morgan fingerprint density at radius 2 is 2.10 bits per heavy atom. The van der Waals surface area contributed by atoms with E-state index in [0.29, 0.717) is 5.92 Å². The molecule has 0 saturated heterocycles. The first kappa shape index (κ1) is 8.02. The van der Waals surface area contributed by atoms with E-state index in [1.165, 1.54) is 0 Å². The van der Waals surface area contributed by atoms with E-state index < -0.39 is 5.60 Å². The van der Waals surface area contributed by atoms with Crippen LogP contribution >= 0.6 is 0 Å². The van der Waals surface area contributed by atoms with Gasteiger partial charge in [-0.2, -0.15) is 0 Å². The smallest absolute Gasteiger partial charge is 0.0905 e. The molecule has 2 nitrogen and oxygen atoms in total. The van der Waals surface area contributed by atoms with Gasteiger partial charge < -0.3 is 9.84 Å². The highest BCUT2D eigenvalue weighted by Crippen LogP contribution is 2.41. The Morgan fingerprint density at radius 3 is 2.40 bits per heavy atom. The van der Waals surface area contributed by atoms with Gasteiger partial charge in [-0.05, 0) is 32.6 Å². The second-order valence-corrected chi connectivity index (χ2v) is 3.38. The first-order valence-corrected chi connectivity index (χ1v) is 3.84. The average molecular weight is 144 g/mol. The Bertz CT molecular complexity index is 116. The van der Waals surface area contributed by atoms with Crippen molar-refractivity contribution >= 4 is 0 Å². The van der Waals surface area contributed by atoms with Gasteiger partial charge >= 0.3 is 0 Å². The van der Waals surface area contributed by atoms with Gasteiger partial charge in [0.1, 0.15) is 0 Å². The van der Waals surface area contributed by atoms with Crippen molar-refractivity contribution in [1.29, 1.82) is 0 Å². The van der Waals surface area contributed by atoms with Gasteiger partial charge in [-0.25, -0.2) is 0 Å². The molecule has 1 aliphatic carbocycles. The van der Waals surface area contributed by atoms with Crippen LogP contribution in [0.3, 0.4) is 0 Å². The summed E-state index contributed by atoms with van der Waals surface area (Å²) < 4.78 is 5.07. The van der Waals surface area contributed by atoms with Crippen molar-refractivity contribution in [3.8, 4) is 0 Å². The van der Waals surface area contributed by atoms with Crippen molar-refractivity contribution in [2.24, 2.45) is 5.92 Å². The zero-order chi connectivity index (χ0) is 7.78. The van der Waals surface area contributed by atoms with Crippen molar-refractivity contribution in [3.63, 3.8) is 0 Å². The molecule has 1 saturated carbocycles. The van der Waals surface area contributed by atoms with E-state index in [2.05, 4.69) is 0 Å². The molecule has 2 unspecified atom stereocenters. The van der Waals surface area contributed by atoms with Crippen LogP contribution in [0.1, 0.15) is 26.7 Å². The molecular formula is C8H16O2. The van der Waals surface area contributed by atoms with Gasteiger partial charge in [-0.3, -0.25) is 0 Å². The predicted molar refractivity (Wildman–Crippen MR) is 39.8 cm³/mol. The number of rotatable bonds is 3. The number of aliphatic hydroxyl groups is 1. The Labute approximate surface area is 62.2 Å². The van der Waals surface area contributed by atoms with E-state index in [-0.39, 0.29) is 6.10 Å². The normalized spacial score (nSPS) is 27.6. The SMILES string of the molecule is COC(C)C(C)(O)C1CC1. The Morgan fingerprint density at radius 1 is 1.60 bits per heavy atom. The molecule has 0 bridgehead atoms. The van der Waals surface area contributed by atoms with Crippen molar-refractivity contribution < 1.29 is 9.84 Å². The van der Waals surface area contributed by atoms with Crippen LogP contribution in [0.25, 0.3) is 0 Å². The van der Waals surface area contributed by atoms with Crippen LogP contribution in [0.15, 0.2) is 0 Å². The highest BCUT2D eigenvalue weighted by molar-refractivity contribution is 4.95. The van der Waals surface area contributed by atoms with E-state index in [9.17, 15) is 5.11 Å². The summed E-state index contributed by atoms with van der Waals surface area (Å²) in [4.78, 5) is 0. The standard InChI is InChI=1S/C8H16O2/c1-6(10-3)8(2,9)7-4-5-7/h6-7,9H,4-5H2,1-3H3. The molecule has 0 aliphatic heterocycles. The van der Waals surface area contributed by atoms with Gasteiger partial charge in [0.05, 0.1) is 11.7 Å². The topological polar surface area (TPSA) is 29.5 Å². The number of hydrogen-bond donors (Lipinski definition) is 1. The van der Waals surface area contributed by atoms with Gasteiger partial charge in [0.25, 0.3) is 0 Å². The first-order valence-electron chi connectivity index (χ1n) is 3.84. The van der Waals surface area contributed by atoms with Gasteiger partial charge in [0.15, 0.2) is 0 Å². The van der Waals surface area contributed by atoms with Gasteiger partial charge in [0, 0.05) is 7.11 Å². The Balaban J connectivity index is 2.47. The molecule has 2 atom stereocenters. The fourth-order valence-corrected chi connectivity index (χ4v) is 1.24. The molecule has 0 radical (unpaired) electrons. The van der Waals surface area contributed by atoms with Crippen LogP contribution in [0, 0.1) is 5.92 Å². The summed E-state index contributed by atoms with van der Waals surface area (Å²) >= 11 is 0. The van der Waals surface area contributed by atoms with Crippen LogP contribution in [0.4, 0.5) is 0 Å². The number of ether oxygens (including phenoxy) is 1. The largest absolute Gasteiger partial charge is 0.387 e. The zero-order valence-electron chi connectivity index (χ0n) is 6.92. The molecule has 0 heterocycles. The van der Waals surface area contributed by atoms with Crippen LogP contribution in [-0.2, 0) is 4.74 Å². The molecule has 2 heteroatoms. The molecule has 0 spiro atoms. The van der Waals surface area contributed by atoms with Crippen LogP contribution in [-0.4, -0.2) is 23.9 Å². The van der Waals surface area contributed by atoms with Crippen LogP contribution in [0.2, 0.25) is 0 Å². The minimum atomic E-state index is -0.602. The van der Waals surface area contributed by atoms with Crippen molar-refractivity contribution in [2.45, 2.75) is 38.4 Å². The average Bonchev–Trinajstić information content (AvgIpc) is 2.66. The lowest BCUT2D eigenvalue weighted by molar-refractivity contribution is -0.0861. The molecule has 0 aromatic carbocycles. The van der Waals surface area contributed by atoms with E-state index in [4.69, 9.17) is 4.74 Å². The van der Waals surface area contributed by atoms with Crippen molar-refractivity contribution in [2.75, 3.05) is 7.11 Å². The second kappa shape index (κ2) is 2.51. The van der Waals surface area contributed by atoms with E-state index in [1.54, 1.807) is 7.11 Å². The molecule has 1 N–H and O–H groups in total. The highest BCUT2D eigenvalue weighted by atomic mass is 16.5. The van der Waals surface area contributed by atoms with Gasteiger partial charge in [0.2, 0.25) is 0 Å². The fraction of sp³-hybridized carbons (Fsp3) is 1.00.